The van der Waals surface area contributed by atoms with E-state index in [1.165, 1.54) is 4.57 Å². The van der Waals surface area contributed by atoms with Gasteiger partial charge in [-0.1, -0.05) is 12.1 Å². The lowest BCUT2D eigenvalue weighted by Crippen LogP contribution is -2.29. The Labute approximate surface area is 129 Å². The molecule has 1 aromatic carbocycles. The number of ether oxygens (including phenoxy) is 2. The summed E-state index contributed by atoms with van der Waals surface area (Å²) in [5.74, 6) is -0.540. The fraction of sp³-hybridized carbons (Fsp3) is 0.412. The van der Waals surface area contributed by atoms with Crippen LogP contribution in [0, 0.1) is 6.92 Å². The Morgan fingerprint density at radius 3 is 2.45 bits per heavy atom. The van der Waals surface area contributed by atoms with Crippen LogP contribution in [0.1, 0.15) is 43.7 Å². The summed E-state index contributed by atoms with van der Waals surface area (Å²) in [5, 5.41) is 0.791. The van der Waals surface area contributed by atoms with Gasteiger partial charge in [0.25, 0.3) is 0 Å². The minimum absolute atomic E-state index is 0.178. The van der Waals surface area contributed by atoms with Crippen LogP contribution >= 0.6 is 0 Å². The zero-order valence-corrected chi connectivity index (χ0v) is 13.6. The third kappa shape index (κ3) is 3.30. The van der Waals surface area contributed by atoms with Crippen molar-refractivity contribution in [3.8, 4) is 0 Å². The predicted molar refractivity (Wildman–Crippen MR) is 84.3 cm³/mol. The molecule has 2 aromatic rings. The molecule has 0 spiro atoms. The second-order valence-corrected chi connectivity index (χ2v) is 6.13. The van der Waals surface area contributed by atoms with Gasteiger partial charge in [-0.15, -0.1) is 0 Å². The van der Waals surface area contributed by atoms with Crippen LogP contribution in [0.25, 0.3) is 10.9 Å². The highest BCUT2D eigenvalue weighted by Crippen LogP contribution is 2.23. The predicted octanol–water partition coefficient (Wildman–Crippen LogP) is 3.91. The lowest BCUT2D eigenvalue weighted by Gasteiger charge is -2.20. The number of aryl methyl sites for hydroxylation is 1. The van der Waals surface area contributed by atoms with E-state index < -0.39 is 17.7 Å². The molecule has 0 aliphatic rings. The lowest BCUT2D eigenvalue weighted by atomic mass is 10.2. The molecule has 0 radical (unpaired) electrons. The van der Waals surface area contributed by atoms with Gasteiger partial charge < -0.3 is 9.47 Å². The van der Waals surface area contributed by atoms with Crippen LogP contribution in [0.3, 0.4) is 0 Å². The molecule has 0 unspecified atom stereocenters. The molecule has 5 heteroatoms. The first kappa shape index (κ1) is 16.1. The van der Waals surface area contributed by atoms with E-state index in [-0.39, 0.29) is 12.3 Å². The van der Waals surface area contributed by atoms with E-state index in [4.69, 9.17) is 9.47 Å². The van der Waals surface area contributed by atoms with Crippen molar-refractivity contribution >= 4 is 23.0 Å². The maximum Gasteiger partial charge on any atom is 0.419 e. The minimum Gasteiger partial charge on any atom is -0.461 e. The monoisotopic (exact) mass is 303 g/mol. The van der Waals surface area contributed by atoms with Crippen molar-refractivity contribution in [2.45, 2.75) is 40.2 Å². The molecule has 118 valence electrons. The largest absolute Gasteiger partial charge is 0.461 e. The van der Waals surface area contributed by atoms with Crippen molar-refractivity contribution < 1.29 is 19.1 Å². The molecule has 0 aliphatic carbocycles. The normalized spacial score (nSPS) is 11.5. The third-order valence-electron chi connectivity index (χ3n) is 3.02. The smallest absolute Gasteiger partial charge is 0.419 e. The fourth-order valence-corrected chi connectivity index (χ4v) is 2.17. The van der Waals surface area contributed by atoms with Crippen molar-refractivity contribution in [2.75, 3.05) is 6.61 Å². The van der Waals surface area contributed by atoms with E-state index >= 15 is 0 Å². The van der Waals surface area contributed by atoms with Gasteiger partial charge in [0.15, 0.2) is 0 Å². The van der Waals surface area contributed by atoms with Crippen molar-refractivity contribution in [3.05, 3.63) is 35.5 Å². The minimum atomic E-state index is -0.649. The first-order chi connectivity index (χ1) is 10.2. The van der Waals surface area contributed by atoms with E-state index in [1.807, 2.05) is 25.1 Å². The van der Waals surface area contributed by atoms with Crippen LogP contribution in [0.2, 0.25) is 0 Å². The molecule has 0 bridgehead atoms. The van der Waals surface area contributed by atoms with E-state index in [2.05, 4.69) is 0 Å². The lowest BCUT2D eigenvalue weighted by molar-refractivity contribution is 0.0454. The van der Waals surface area contributed by atoms with Crippen LogP contribution in [0.5, 0.6) is 0 Å². The van der Waals surface area contributed by atoms with Crippen LogP contribution in [-0.2, 0) is 9.47 Å². The standard InChI is InChI=1S/C17H21NO4/c1-6-21-15(19)14-10-12-8-7-11(2)9-13(12)18(14)16(20)22-17(3,4)5/h7-10H,6H2,1-5H3. The van der Waals surface area contributed by atoms with E-state index in [0.29, 0.717) is 5.52 Å². The van der Waals surface area contributed by atoms with Crippen molar-refractivity contribution in [2.24, 2.45) is 0 Å². The summed E-state index contributed by atoms with van der Waals surface area (Å²) in [6.45, 7) is 9.25. The van der Waals surface area contributed by atoms with Gasteiger partial charge in [-0.05, 0) is 52.3 Å². The average Bonchev–Trinajstić information content (AvgIpc) is 2.75. The Bertz CT molecular complexity index is 722. The zero-order chi connectivity index (χ0) is 16.5. The number of nitrogens with zero attached hydrogens (tertiary/aromatic N) is 1. The Morgan fingerprint density at radius 1 is 1.18 bits per heavy atom. The molecule has 0 amide bonds. The number of carbonyl (C=O) groups excluding carboxylic acids is 2. The second kappa shape index (κ2) is 5.83. The molecule has 22 heavy (non-hydrogen) atoms. The summed E-state index contributed by atoms with van der Waals surface area (Å²) < 4.78 is 11.7. The van der Waals surface area contributed by atoms with E-state index in [0.717, 1.165) is 10.9 Å². The maximum absolute atomic E-state index is 12.5. The number of hydrogen-bond acceptors (Lipinski definition) is 4. The number of hydrogen-bond donors (Lipinski definition) is 0. The molecule has 0 aliphatic heterocycles. The molecule has 0 fully saturated rings. The van der Waals surface area contributed by atoms with Gasteiger partial charge in [-0.25, -0.2) is 14.2 Å². The summed E-state index contributed by atoms with van der Waals surface area (Å²) in [4.78, 5) is 24.6. The van der Waals surface area contributed by atoms with Gasteiger partial charge in [0.2, 0.25) is 0 Å². The highest BCUT2D eigenvalue weighted by molar-refractivity contribution is 6.01. The molecular formula is C17H21NO4. The fourth-order valence-electron chi connectivity index (χ4n) is 2.17. The quantitative estimate of drug-likeness (QED) is 0.789. The molecule has 0 atom stereocenters. The molecule has 1 aromatic heterocycles. The zero-order valence-electron chi connectivity index (χ0n) is 13.6. The van der Waals surface area contributed by atoms with Crippen LogP contribution in [-0.4, -0.2) is 28.8 Å². The Balaban J connectivity index is 2.61. The molecule has 0 N–H and O–H groups in total. The first-order valence-electron chi connectivity index (χ1n) is 7.25. The summed E-state index contributed by atoms with van der Waals surface area (Å²) >= 11 is 0. The van der Waals surface area contributed by atoms with Gasteiger partial charge >= 0.3 is 12.1 Å². The first-order valence-corrected chi connectivity index (χ1v) is 7.25. The van der Waals surface area contributed by atoms with Gasteiger partial charge in [0, 0.05) is 5.39 Å². The average molecular weight is 303 g/mol. The van der Waals surface area contributed by atoms with Gasteiger partial charge in [0.05, 0.1) is 12.1 Å². The molecule has 0 saturated carbocycles. The summed E-state index contributed by atoms with van der Waals surface area (Å²) in [7, 11) is 0. The maximum atomic E-state index is 12.5. The summed E-state index contributed by atoms with van der Waals surface area (Å²) in [6, 6.07) is 7.30. The van der Waals surface area contributed by atoms with Gasteiger partial charge in [-0.2, -0.15) is 0 Å². The number of carbonyl (C=O) groups is 2. The van der Waals surface area contributed by atoms with Crippen LogP contribution < -0.4 is 0 Å². The second-order valence-electron chi connectivity index (χ2n) is 6.13. The molecule has 2 rings (SSSR count). The van der Waals surface area contributed by atoms with Gasteiger partial charge in [-0.3, -0.25) is 0 Å². The van der Waals surface area contributed by atoms with Gasteiger partial charge in [0.1, 0.15) is 11.3 Å². The number of fused-ring (bicyclic) bond motifs is 1. The number of esters is 1. The Morgan fingerprint density at radius 2 is 1.86 bits per heavy atom. The molecule has 1 heterocycles. The molecule has 5 nitrogen and oxygen atoms in total. The highest BCUT2D eigenvalue weighted by Gasteiger charge is 2.25. The summed E-state index contributed by atoms with van der Waals surface area (Å²) in [6.07, 6.45) is -0.587. The number of benzene rings is 1. The number of rotatable bonds is 2. The summed E-state index contributed by atoms with van der Waals surface area (Å²) in [5.41, 5.74) is 1.16. The third-order valence-corrected chi connectivity index (χ3v) is 3.02. The highest BCUT2D eigenvalue weighted by atomic mass is 16.6. The molecule has 0 saturated heterocycles. The van der Waals surface area contributed by atoms with Crippen molar-refractivity contribution in [1.82, 2.24) is 4.57 Å². The molecular weight excluding hydrogens is 282 g/mol. The van der Waals surface area contributed by atoms with Crippen molar-refractivity contribution in [3.63, 3.8) is 0 Å². The Hall–Kier alpha value is -2.30. The van der Waals surface area contributed by atoms with E-state index in [9.17, 15) is 9.59 Å². The van der Waals surface area contributed by atoms with Crippen LogP contribution in [0.15, 0.2) is 24.3 Å². The Kier molecular flexibility index (Phi) is 4.26. The van der Waals surface area contributed by atoms with Crippen molar-refractivity contribution in [1.29, 1.82) is 0 Å². The topological polar surface area (TPSA) is 57.5 Å². The number of aromatic nitrogens is 1. The van der Waals surface area contributed by atoms with E-state index in [1.54, 1.807) is 33.8 Å². The van der Waals surface area contributed by atoms with Crippen LogP contribution in [0.4, 0.5) is 4.79 Å². The SMILES string of the molecule is CCOC(=O)c1cc2ccc(C)cc2n1C(=O)OC(C)(C)C.